The molecule has 4 N–H and O–H groups in total. The number of rotatable bonds is 5. The number of carbonyl (C=O) groups is 1. The van der Waals surface area contributed by atoms with Crippen molar-refractivity contribution in [1.29, 1.82) is 0 Å². The lowest BCUT2D eigenvalue weighted by molar-refractivity contribution is -0.525. The third kappa shape index (κ3) is 6.83. The van der Waals surface area contributed by atoms with Gasteiger partial charge < -0.3 is 5.73 Å². The Bertz CT molecular complexity index is 240. The van der Waals surface area contributed by atoms with E-state index in [0.29, 0.717) is 6.42 Å². The molecule has 8 heteroatoms. The molecule has 0 atom stereocenters. The van der Waals surface area contributed by atoms with Gasteiger partial charge in [-0.15, -0.1) is 5.10 Å². The number of hydrogen-bond acceptors (Lipinski definition) is 4. The Morgan fingerprint density at radius 1 is 1.64 bits per heavy atom. The molecule has 0 aromatic rings. The van der Waals surface area contributed by atoms with E-state index in [-0.39, 0.29) is 5.91 Å². The lowest BCUT2D eigenvalue weighted by Gasteiger charge is -1.98. The average Bonchev–Trinajstić information content (AvgIpc) is 2.10. The van der Waals surface area contributed by atoms with Gasteiger partial charge in [0.25, 0.3) is 5.96 Å². The SMILES string of the molecule is CCCCC(=O)NN=C(N)N[N+](=O)[O-]. The summed E-state index contributed by atoms with van der Waals surface area (Å²) in [6.45, 7) is 1.94. The Hall–Kier alpha value is -1.86. The Balaban J connectivity index is 3.78. The first kappa shape index (κ1) is 12.1. The largest absolute Gasteiger partial charge is 0.364 e. The molecule has 0 heterocycles. The molecule has 0 aliphatic carbocycles. The summed E-state index contributed by atoms with van der Waals surface area (Å²) >= 11 is 0. The first-order valence-corrected chi connectivity index (χ1v) is 4.09. The summed E-state index contributed by atoms with van der Waals surface area (Å²) in [5.74, 6) is -0.778. The van der Waals surface area contributed by atoms with Crippen molar-refractivity contribution in [2.24, 2.45) is 10.8 Å². The Morgan fingerprint density at radius 2 is 2.29 bits per heavy atom. The van der Waals surface area contributed by atoms with Crippen molar-refractivity contribution in [3.63, 3.8) is 0 Å². The number of hydrazine groups is 1. The molecule has 0 saturated carbocycles. The smallest absolute Gasteiger partial charge is 0.273 e. The molecule has 1 amide bonds. The van der Waals surface area contributed by atoms with Crippen molar-refractivity contribution in [2.75, 3.05) is 0 Å². The molecule has 8 nitrogen and oxygen atoms in total. The number of amides is 1. The summed E-state index contributed by atoms with van der Waals surface area (Å²) < 4.78 is 0. The number of nitro groups is 1. The van der Waals surface area contributed by atoms with E-state index in [1.165, 1.54) is 0 Å². The number of unbranched alkanes of at least 4 members (excludes halogenated alkanes) is 1. The molecular formula is C6H13N5O3. The van der Waals surface area contributed by atoms with E-state index in [4.69, 9.17) is 5.73 Å². The minimum absolute atomic E-state index is 0.319. The van der Waals surface area contributed by atoms with Gasteiger partial charge in [0.05, 0.1) is 0 Å². The summed E-state index contributed by atoms with van der Waals surface area (Å²) in [7, 11) is 0. The maximum atomic E-state index is 10.9. The highest BCUT2D eigenvalue weighted by atomic mass is 16.7. The summed E-state index contributed by atoms with van der Waals surface area (Å²) in [6, 6.07) is 0. The summed E-state index contributed by atoms with van der Waals surface area (Å²) in [6.07, 6.45) is 1.95. The van der Waals surface area contributed by atoms with Gasteiger partial charge in [-0.25, -0.2) is 15.5 Å². The van der Waals surface area contributed by atoms with E-state index >= 15 is 0 Å². The number of nitrogens with one attached hydrogen (secondary N) is 2. The third-order valence-corrected chi connectivity index (χ3v) is 1.26. The van der Waals surface area contributed by atoms with Crippen molar-refractivity contribution in [1.82, 2.24) is 10.9 Å². The van der Waals surface area contributed by atoms with Crippen LogP contribution < -0.4 is 16.6 Å². The fourth-order valence-electron chi connectivity index (χ4n) is 0.634. The van der Waals surface area contributed by atoms with Gasteiger partial charge in [0, 0.05) is 6.42 Å². The van der Waals surface area contributed by atoms with Crippen LogP contribution in [0.5, 0.6) is 0 Å². The maximum Gasteiger partial charge on any atom is 0.273 e. The normalized spacial score (nSPS) is 10.8. The molecule has 0 aliphatic rings. The van der Waals surface area contributed by atoms with Crippen LogP contribution in [-0.2, 0) is 4.79 Å². The standard InChI is InChI=1S/C6H13N5O3/c1-2-3-4-5(12)8-9-6(7)10-11(13)14/h2-4H2,1H3,(H,8,12)(H3,7,9,10). The Morgan fingerprint density at radius 3 is 2.79 bits per heavy atom. The molecule has 0 unspecified atom stereocenters. The van der Waals surface area contributed by atoms with Gasteiger partial charge in [-0.05, 0) is 6.42 Å². The molecule has 0 rings (SSSR count). The van der Waals surface area contributed by atoms with E-state index in [2.05, 4.69) is 10.5 Å². The van der Waals surface area contributed by atoms with Crippen molar-refractivity contribution in [3.05, 3.63) is 10.1 Å². The van der Waals surface area contributed by atoms with Crippen molar-refractivity contribution < 1.29 is 9.83 Å². The molecule has 0 aromatic heterocycles. The monoisotopic (exact) mass is 203 g/mol. The second kappa shape index (κ2) is 6.63. The molecule has 0 aromatic carbocycles. The van der Waals surface area contributed by atoms with Gasteiger partial charge in [-0.1, -0.05) is 18.8 Å². The predicted molar refractivity (Wildman–Crippen MR) is 49.4 cm³/mol. The van der Waals surface area contributed by atoms with E-state index in [0.717, 1.165) is 12.8 Å². The average molecular weight is 203 g/mol. The first-order valence-electron chi connectivity index (χ1n) is 4.09. The predicted octanol–water partition coefficient (Wildman–Crippen LogP) is -0.696. The molecule has 14 heavy (non-hydrogen) atoms. The van der Waals surface area contributed by atoms with Gasteiger partial charge in [-0.2, -0.15) is 0 Å². The molecule has 0 spiro atoms. The van der Waals surface area contributed by atoms with Crippen molar-refractivity contribution in [3.8, 4) is 0 Å². The van der Waals surface area contributed by atoms with Gasteiger partial charge in [0.2, 0.25) is 5.91 Å². The fraction of sp³-hybridized carbons (Fsp3) is 0.667. The van der Waals surface area contributed by atoms with Gasteiger partial charge in [-0.3, -0.25) is 4.79 Å². The highest BCUT2D eigenvalue weighted by Gasteiger charge is 2.01. The lowest BCUT2D eigenvalue weighted by Crippen LogP contribution is -2.38. The molecule has 0 radical (unpaired) electrons. The van der Waals surface area contributed by atoms with Crippen LogP contribution in [0.15, 0.2) is 5.10 Å². The van der Waals surface area contributed by atoms with E-state index in [1.807, 2.05) is 6.92 Å². The van der Waals surface area contributed by atoms with Crippen LogP contribution in [-0.4, -0.2) is 16.9 Å². The Kier molecular flexibility index (Phi) is 5.75. The zero-order valence-electron chi connectivity index (χ0n) is 7.82. The number of hydrogen-bond donors (Lipinski definition) is 3. The summed E-state index contributed by atoms with van der Waals surface area (Å²) in [5.41, 5.74) is 8.70. The molecule has 0 fully saturated rings. The molecule has 0 aliphatic heterocycles. The topological polar surface area (TPSA) is 123 Å². The molecule has 80 valence electrons. The third-order valence-electron chi connectivity index (χ3n) is 1.26. The minimum Gasteiger partial charge on any atom is -0.364 e. The second-order valence-electron chi connectivity index (χ2n) is 2.50. The lowest BCUT2D eigenvalue weighted by atomic mass is 10.2. The van der Waals surface area contributed by atoms with E-state index in [1.54, 1.807) is 5.43 Å². The summed E-state index contributed by atoms with van der Waals surface area (Å²) in [5, 5.41) is 12.2. The Labute approximate surface area is 80.7 Å². The number of hydrazone groups is 1. The zero-order valence-corrected chi connectivity index (χ0v) is 7.82. The van der Waals surface area contributed by atoms with Crippen LogP contribution in [0.4, 0.5) is 0 Å². The summed E-state index contributed by atoms with van der Waals surface area (Å²) in [4.78, 5) is 20.8. The molecular weight excluding hydrogens is 190 g/mol. The molecule has 0 bridgehead atoms. The zero-order chi connectivity index (χ0) is 11.0. The second-order valence-corrected chi connectivity index (χ2v) is 2.50. The van der Waals surface area contributed by atoms with Crippen LogP contribution in [0, 0.1) is 10.1 Å². The fourth-order valence-corrected chi connectivity index (χ4v) is 0.634. The molecule has 0 saturated heterocycles. The van der Waals surface area contributed by atoms with Crippen LogP contribution >= 0.6 is 0 Å². The van der Waals surface area contributed by atoms with E-state index < -0.39 is 11.0 Å². The number of nitrogens with zero attached hydrogens (tertiary/aromatic N) is 2. The van der Waals surface area contributed by atoms with Crippen molar-refractivity contribution in [2.45, 2.75) is 26.2 Å². The van der Waals surface area contributed by atoms with Crippen LogP contribution in [0.1, 0.15) is 26.2 Å². The maximum absolute atomic E-state index is 10.9. The quantitative estimate of drug-likeness (QED) is 0.236. The van der Waals surface area contributed by atoms with Crippen LogP contribution in [0.25, 0.3) is 0 Å². The van der Waals surface area contributed by atoms with E-state index in [9.17, 15) is 14.9 Å². The highest BCUT2D eigenvalue weighted by Crippen LogP contribution is 1.92. The highest BCUT2D eigenvalue weighted by molar-refractivity contribution is 5.80. The van der Waals surface area contributed by atoms with Gasteiger partial charge in [0.15, 0.2) is 5.03 Å². The number of nitrogens with two attached hydrogens (primary N) is 1. The number of guanidine groups is 1. The van der Waals surface area contributed by atoms with Gasteiger partial charge in [0.1, 0.15) is 0 Å². The number of carbonyl (C=O) groups excluding carboxylic acids is 1. The van der Waals surface area contributed by atoms with Crippen LogP contribution in [0.2, 0.25) is 0 Å². The van der Waals surface area contributed by atoms with Gasteiger partial charge >= 0.3 is 0 Å². The minimum atomic E-state index is -0.864. The van der Waals surface area contributed by atoms with Crippen molar-refractivity contribution >= 4 is 11.9 Å². The van der Waals surface area contributed by atoms with Crippen LogP contribution in [0.3, 0.4) is 0 Å². The first-order chi connectivity index (χ1) is 6.56.